The first kappa shape index (κ1) is 29.4. The molecule has 0 N–H and O–H groups in total. The van der Waals surface area contributed by atoms with E-state index < -0.39 is 0 Å². The second-order valence-corrected chi connectivity index (χ2v) is 12.6. The molecule has 0 amide bonds. The molecule has 0 aromatic carbocycles. The normalized spacial score (nSPS) is 31.6. The number of rotatable bonds is 11. The Morgan fingerprint density at radius 3 is 1.78 bits per heavy atom. The predicted octanol–water partition coefficient (Wildman–Crippen LogP) is 6.89. The Bertz CT molecular complexity index is 657. The van der Waals surface area contributed by atoms with Gasteiger partial charge in [-0.05, 0) is 86.9 Å². The van der Waals surface area contributed by atoms with Crippen LogP contribution in [-0.4, -0.2) is 38.2 Å². The molecule has 0 spiro atoms. The molecule has 4 bridgehead atoms. The highest BCUT2D eigenvalue weighted by atomic mass is 16.7. The van der Waals surface area contributed by atoms with E-state index in [2.05, 4.69) is 6.92 Å². The van der Waals surface area contributed by atoms with Gasteiger partial charge in [0, 0.05) is 0 Å². The van der Waals surface area contributed by atoms with Gasteiger partial charge in [-0.15, -0.1) is 0 Å². The number of hydrogen-bond acceptors (Lipinski definition) is 6. The molecule has 2 unspecified atom stereocenters. The molecule has 2 atom stereocenters. The van der Waals surface area contributed by atoms with E-state index in [-0.39, 0.29) is 37.4 Å². The van der Waals surface area contributed by atoms with E-state index in [1.807, 2.05) is 27.7 Å². The van der Waals surface area contributed by atoms with Crippen LogP contribution >= 0.6 is 0 Å². The third kappa shape index (κ3) is 8.44. The molecular weight excluding hydrogens is 456 g/mol. The van der Waals surface area contributed by atoms with Gasteiger partial charge in [0.05, 0.1) is 24.5 Å². The van der Waals surface area contributed by atoms with Crippen LogP contribution in [0, 0.1) is 40.9 Å². The molecule has 0 heterocycles. The second kappa shape index (κ2) is 14.1. The molecule has 6 nitrogen and oxygen atoms in total. The molecule has 5 aliphatic carbocycles. The first-order chi connectivity index (χ1) is 17.2. The SMILES string of the molecule is CCC(C)C(=O)OCOC1C2CC3CC(C2)CC1C3.CCC(C)C(=O)OCOCC1(C)CCCCC1. The minimum absolute atomic E-state index is 0.0119. The van der Waals surface area contributed by atoms with E-state index in [9.17, 15) is 9.59 Å². The fourth-order valence-electron chi connectivity index (χ4n) is 6.87. The van der Waals surface area contributed by atoms with Crippen molar-refractivity contribution in [1.29, 1.82) is 0 Å². The lowest BCUT2D eigenvalue weighted by Gasteiger charge is -2.53. The number of carbonyl (C=O) groups excluding carboxylic acids is 2. The van der Waals surface area contributed by atoms with Gasteiger partial charge in [-0.3, -0.25) is 9.59 Å². The van der Waals surface area contributed by atoms with Gasteiger partial charge in [0.1, 0.15) is 0 Å². The molecule has 5 saturated carbocycles. The van der Waals surface area contributed by atoms with Crippen molar-refractivity contribution < 1.29 is 28.5 Å². The Morgan fingerprint density at radius 1 is 0.778 bits per heavy atom. The molecule has 0 aromatic heterocycles. The van der Waals surface area contributed by atoms with Crippen LogP contribution in [0.25, 0.3) is 0 Å². The summed E-state index contributed by atoms with van der Waals surface area (Å²) in [5.74, 6) is 3.09. The van der Waals surface area contributed by atoms with E-state index in [1.165, 1.54) is 64.2 Å². The lowest BCUT2D eigenvalue weighted by atomic mass is 9.55. The third-order valence-corrected chi connectivity index (χ3v) is 9.43. The van der Waals surface area contributed by atoms with Crippen molar-refractivity contribution in [3.05, 3.63) is 0 Å². The van der Waals surface area contributed by atoms with Crippen molar-refractivity contribution >= 4 is 11.9 Å². The molecule has 5 aliphatic rings. The van der Waals surface area contributed by atoms with Crippen molar-refractivity contribution in [2.45, 2.75) is 118 Å². The minimum Gasteiger partial charge on any atom is -0.438 e. The van der Waals surface area contributed by atoms with Crippen molar-refractivity contribution in [3.63, 3.8) is 0 Å². The van der Waals surface area contributed by atoms with Gasteiger partial charge in [0.25, 0.3) is 0 Å². The summed E-state index contributed by atoms with van der Waals surface area (Å²) in [6, 6.07) is 0. The van der Waals surface area contributed by atoms with Crippen molar-refractivity contribution in [2.75, 3.05) is 20.2 Å². The van der Waals surface area contributed by atoms with Gasteiger partial charge in [-0.25, -0.2) is 0 Å². The van der Waals surface area contributed by atoms with Crippen LogP contribution in [0.4, 0.5) is 0 Å². The number of carbonyl (C=O) groups is 2. The Labute approximate surface area is 219 Å². The summed E-state index contributed by atoms with van der Waals surface area (Å²) in [5, 5.41) is 0. The molecule has 6 heteroatoms. The Hall–Kier alpha value is -1.14. The Balaban J connectivity index is 0.000000202. The third-order valence-electron chi connectivity index (χ3n) is 9.43. The zero-order valence-corrected chi connectivity index (χ0v) is 23.6. The van der Waals surface area contributed by atoms with Crippen LogP contribution in [0.15, 0.2) is 0 Å². The fourth-order valence-corrected chi connectivity index (χ4v) is 6.87. The van der Waals surface area contributed by atoms with Crippen LogP contribution < -0.4 is 0 Å². The molecule has 0 aliphatic heterocycles. The van der Waals surface area contributed by atoms with Crippen LogP contribution in [0.3, 0.4) is 0 Å². The average molecular weight is 509 g/mol. The fraction of sp³-hybridized carbons (Fsp3) is 0.933. The highest BCUT2D eigenvalue weighted by molar-refractivity contribution is 5.72. The number of hydrogen-bond donors (Lipinski definition) is 0. The van der Waals surface area contributed by atoms with Crippen molar-refractivity contribution in [3.8, 4) is 0 Å². The van der Waals surface area contributed by atoms with Crippen LogP contribution in [0.5, 0.6) is 0 Å². The summed E-state index contributed by atoms with van der Waals surface area (Å²) < 4.78 is 21.7. The Morgan fingerprint density at radius 2 is 1.28 bits per heavy atom. The molecule has 0 aromatic rings. The summed E-state index contributed by atoms with van der Waals surface area (Å²) in [6.07, 6.45) is 15.2. The van der Waals surface area contributed by atoms with E-state index in [0.717, 1.165) is 36.5 Å². The minimum atomic E-state index is -0.152. The Kier molecular flexibility index (Phi) is 11.5. The van der Waals surface area contributed by atoms with E-state index in [0.29, 0.717) is 18.1 Å². The standard InChI is InChI=1S/C16H26O3.C14H26O3/c1-3-10(2)16(17)19-9-18-15-13-5-11-4-12(7-13)8-14(15)6-11;1-4-12(2)13(15)17-11-16-10-14(3)8-6-5-7-9-14/h10-15H,3-9H2,1-2H3;12H,4-11H2,1-3H3. The molecule has 208 valence electrons. The lowest BCUT2D eigenvalue weighted by Crippen LogP contribution is -2.49. The summed E-state index contributed by atoms with van der Waals surface area (Å²) >= 11 is 0. The summed E-state index contributed by atoms with van der Waals surface area (Å²) in [7, 11) is 0. The van der Waals surface area contributed by atoms with Gasteiger partial charge in [0.2, 0.25) is 0 Å². The van der Waals surface area contributed by atoms with Crippen LogP contribution in [0.2, 0.25) is 0 Å². The maximum Gasteiger partial charge on any atom is 0.310 e. The predicted molar refractivity (Wildman–Crippen MR) is 140 cm³/mol. The van der Waals surface area contributed by atoms with Gasteiger partial charge in [-0.2, -0.15) is 0 Å². The highest BCUT2D eigenvalue weighted by Gasteiger charge is 2.48. The van der Waals surface area contributed by atoms with Gasteiger partial charge in [-0.1, -0.05) is 53.9 Å². The number of ether oxygens (including phenoxy) is 4. The summed E-state index contributed by atoms with van der Waals surface area (Å²) in [4.78, 5) is 23.0. The van der Waals surface area contributed by atoms with E-state index in [1.54, 1.807) is 0 Å². The van der Waals surface area contributed by atoms with E-state index in [4.69, 9.17) is 18.9 Å². The van der Waals surface area contributed by atoms with Gasteiger partial charge >= 0.3 is 11.9 Å². The smallest absolute Gasteiger partial charge is 0.310 e. The molecule has 5 rings (SSSR count). The highest BCUT2D eigenvalue weighted by Crippen LogP contribution is 2.54. The second-order valence-electron chi connectivity index (χ2n) is 12.6. The molecule has 5 fully saturated rings. The molecule has 0 radical (unpaired) electrons. The maximum absolute atomic E-state index is 11.6. The summed E-state index contributed by atoms with van der Waals surface area (Å²) in [5.41, 5.74) is 0.293. The van der Waals surface area contributed by atoms with Crippen LogP contribution in [0.1, 0.15) is 112 Å². The quantitative estimate of drug-likeness (QED) is 0.172. The molecular formula is C30H52O6. The first-order valence-corrected chi connectivity index (χ1v) is 14.8. The molecule has 36 heavy (non-hydrogen) atoms. The number of esters is 2. The van der Waals surface area contributed by atoms with Crippen LogP contribution in [-0.2, 0) is 28.5 Å². The maximum atomic E-state index is 11.6. The van der Waals surface area contributed by atoms with Gasteiger partial charge in [0.15, 0.2) is 13.6 Å². The van der Waals surface area contributed by atoms with Gasteiger partial charge < -0.3 is 18.9 Å². The topological polar surface area (TPSA) is 71.1 Å². The van der Waals surface area contributed by atoms with Crippen molar-refractivity contribution in [2.24, 2.45) is 40.9 Å². The monoisotopic (exact) mass is 508 g/mol. The first-order valence-electron chi connectivity index (χ1n) is 14.8. The zero-order valence-electron chi connectivity index (χ0n) is 23.6. The lowest BCUT2D eigenvalue weighted by molar-refractivity contribution is -0.189. The zero-order chi connectivity index (χ0) is 26.1. The average Bonchev–Trinajstić information content (AvgIpc) is 2.87. The summed E-state index contributed by atoms with van der Waals surface area (Å²) in [6.45, 7) is 11.0. The largest absolute Gasteiger partial charge is 0.438 e. The van der Waals surface area contributed by atoms with Crippen molar-refractivity contribution in [1.82, 2.24) is 0 Å². The molecule has 0 saturated heterocycles. The van der Waals surface area contributed by atoms with E-state index >= 15 is 0 Å².